The van der Waals surface area contributed by atoms with Crippen LogP contribution in [-0.4, -0.2) is 58.3 Å². The lowest BCUT2D eigenvalue weighted by atomic mass is 9.93. The molecular weight excluding hydrogens is 292 g/mol. The van der Waals surface area contributed by atoms with Gasteiger partial charge in [0.15, 0.2) is 6.30 Å². The van der Waals surface area contributed by atoms with Crippen LogP contribution in [0.3, 0.4) is 0 Å². The maximum atomic E-state index is 12.7. The van der Waals surface area contributed by atoms with Crippen molar-refractivity contribution in [1.82, 2.24) is 24.4 Å². The van der Waals surface area contributed by atoms with Gasteiger partial charge in [0.1, 0.15) is 21.2 Å². The molecule has 0 aliphatic carbocycles. The fourth-order valence-corrected chi connectivity index (χ4v) is 2.61. The minimum Gasteiger partial charge on any atom is -0.346 e. The number of piperidine rings is 1. The van der Waals surface area contributed by atoms with E-state index in [-0.39, 0.29) is 17.6 Å². The van der Waals surface area contributed by atoms with Gasteiger partial charge < -0.3 is 14.7 Å². The lowest BCUT2D eigenvalue weighted by Gasteiger charge is -2.35. The van der Waals surface area contributed by atoms with Gasteiger partial charge in [-0.2, -0.15) is 4.98 Å². The third-order valence-electron chi connectivity index (χ3n) is 3.82. The predicted molar refractivity (Wildman–Crippen MR) is 87.3 cm³/mol. The molecule has 1 amide bonds. The normalized spacial score (nSPS) is 32.2. The Morgan fingerprint density at radius 3 is 3.35 bits per heavy atom. The number of aromatic amines is 2. The van der Waals surface area contributed by atoms with Crippen molar-refractivity contribution in [1.29, 1.82) is 0 Å². The Morgan fingerprint density at radius 2 is 2.57 bits per heavy atom. The quantitative estimate of drug-likeness (QED) is 0.623. The fourth-order valence-electron chi connectivity index (χ4n) is 2.61. The number of hydrogen-bond acceptors (Lipinski definition) is 2. The van der Waals surface area contributed by atoms with E-state index in [0.717, 1.165) is 0 Å². The molecule has 1 saturated heterocycles. The fraction of sp³-hybridized carbons (Fsp3) is 0.500. The van der Waals surface area contributed by atoms with E-state index in [9.17, 15) is 4.79 Å². The monoisotopic (exact) mass is 320 g/mol. The number of nitrogens with zero attached hydrogens (tertiary/aromatic N) is 4. The largest absolute Gasteiger partial charge is 0.346 e. The number of fused-ring (bicyclic) bond motifs is 1. The van der Waals surface area contributed by atoms with E-state index in [2.05, 4.69) is 19.8 Å². The van der Waals surface area contributed by atoms with Crippen molar-refractivity contribution in [2.45, 2.75) is 19.4 Å². The Balaban J connectivity index is 2.26. The molecule has 3 heterocycles. The molecule has 1 fully saturated rings. The first kappa shape index (κ1) is 8.87. The van der Waals surface area contributed by atoms with E-state index in [1.807, 2.05) is 0 Å². The second-order valence-corrected chi connectivity index (χ2v) is 5.33. The second kappa shape index (κ2) is 6.24. The molecule has 0 unspecified atom stereocenters. The topological polar surface area (TPSA) is 72.2 Å². The summed E-state index contributed by atoms with van der Waals surface area (Å²) in [5, 5.41) is 0.569. The number of likely N-dealkylation sites (tertiary alicyclic amines) is 1. The molecule has 2 aromatic rings. The van der Waals surface area contributed by atoms with Crippen molar-refractivity contribution in [2.75, 3.05) is 26.5 Å². The zero-order valence-corrected chi connectivity index (χ0v) is 12.7. The molecular formula is C16H21N6O+. The highest BCUT2D eigenvalue weighted by atomic mass is 16.2. The summed E-state index contributed by atoms with van der Waals surface area (Å²) in [4.78, 5) is 25.2. The number of carbonyl (C=O) groups is 1. The summed E-state index contributed by atoms with van der Waals surface area (Å²) >= 11 is 0. The van der Waals surface area contributed by atoms with Gasteiger partial charge in [0, 0.05) is 15.4 Å². The number of hydrogen-bond donors (Lipinski definition) is 2. The lowest BCUT2D eigenvalue weighted by molar-refractivity contribution is -0.131. The van der Waals surface area contributed by atoms with E-state index in [1.165, 1.54) is 4.58 Å². The van der Waals surface area contributed by atoms with Gasteiger partial charge in [-0.15, -0.1) is 0 Å². The molecule has 1 aliphatic rings. The van der Waals surface area contributed by atoms with Crippen LogP contribution in [0.5, 0.6) is 0 Å². The zero-order chi connectivity index (χ0) is 22.6. The van der Waals surface area contributed by atoms with Gasteiger partial charge in [0.2, 0.25) is 0 Å². The van der Waals surface area contributed by atoms with E-state index >= 15 is 0 Å². The van der Waals surface area contributed by atoms with Gasteiger partial charge in [0.25, 0.3) is 12.0 Å². The molecule has 0 aromatic carbocycles. The smallest absolute Gasteiger partial charge is 0.302 e. The molecule has 0 bridgehead atoms. The molecule has 2 aromatic heterocycles. The summed E-state index contributed by atoms with van der Waals surface area (Å²) in [5.74, 6) is -2.17. The highest BCUT2D eigenvalue weighted by molar-refractivity contribution is 5.79. The molecule has 1 aliphatic heterocycles. The van der Waals surface area contributed by atoms with Crippen molar-refractivity contribution in [2.24, 2.45) is 5.92 Å². The Bertz CT molecular complexity index is 1120. The lowest BCUT2D eigenvalue weighted by Crippen LogP contribution is -2.54. The Hall–Kier alpha value is -2.62. The van der Waals surface area contributed by atoms with Crippen molar-refractivity contribution in [3.8, 4) is 0 Å². The van der Waals surface area contributed by atoms with E-state index in [4.69, 9.17) is 16.2 Å². The predicted octanol–water partition coefficient (Wildman–Crippen LogP) is 0.449. The van der Waals surface area contributed by atoms with Crippen LogP contribution < -0.4 is 10.1 Å². The third kappa shape index (κ3) is 2.84. The Morgan fingerprint density at radius 1 is 1.74 bits per heavy atom. The van der Waals surface area contributed by atoms with Crippen molar-refractivity contribution < 1.29 is 14.4 Å². The number of H-pyrrole nitrogens is 2. The minimum atomic E-state index is -3.10. The number of carbonyl (C=O) groups excluding carboxylic acids is 1. The molecule has 0 saturated carbocycles. The standard InChI is InChI=1S/C16H20N6O/c1-11-5-7-22(14(23)8-17-2)9-13(11)21(3)16-12-4-6-18-15(12)19-10-20-16/h4,6,10-11,13H,5,7-9H2,1,3H3,(H,18,19,20)/p+1/t11-,13+/m1/s1/i7D2,8D2,9D2,10D. The van der Waals surface area contributed by atoms with Crippen LogP contribution in [0.2, 0.25) is 0 Å². The van der Waals surface area contributed by atoms with Crippen molar-refractivity contribution >= 4 is 16.9 Å². The average Bonchev–Trinajstić information content (AvgIpc) is 3.06. The summed E-state index contributed by atoms with van der Waals surface area (Å²) < 4.78 is 58.3. The van der Waals surface area contributed by atoms with Crippen LogP contribution in [0.15, 0.2) is 18.6 Å². The summed E-state index contributed by atoms with van der Waals surface area (Å²) in [6.45, 7) is 0.293. The molecule has 120 valence electrons. The van der Waals surface area contributed by atoms with Gasteiger partial charge in [-0.1, -0.05) is 6.92 Å². The summed E-state index contributed by atoms with van der Waals surface area (Å²) in [5.41, 5.74) is 0.743. The molecule has 0 spiro atoms. The summed E-state index contributed by atoms with van der Waals surface area (Å²) in [7, 11) is 1.55. The molecule has 3 rings (SSSR count). The van der Waals surface area contributed by atoms with Crippen LogP contribution >= 0.6 is 0 Å². The van der Waals surface area contributed by atoms with Gasteiger partial charge in [-0.3, -0.25) is 9.37 Å². The van der Waals surface area contributed by atoms with Gasteiger partial charge in [0.05, 0.1) is 16.3 Å². The highest BCUT2D eigenvalue weighted by Crippen LogP contribution is 2.18. The average molecular weight is 320 g/mol. The molecule has 2 atom stereocenters. The van der Waals surface area contributed by atoms with Gasteiger partial charge in [-0.05, 0) is 18.4 Å². The zero-order valence-electron chi connectivity index (χ0n) is 19.7. The molecule has 0 radical (unpaired) electrons. The number of nitrogens with one attached hydrogen (secondary N) is 2. The van der Waals surface area contributed by atoms with Crippen LogP contribution in [-0.2, 0) is 4.79 Å². The van der Waals surface area contributed by atoms with Crippen LogP contribution in [0.25, 0.3) is 15.9 Å². The Kier molecular flexibility index (Phi) is 2.41. The van der Waals surface area contributed by atoms with Crippen LogP contribution in [0, 0.1) is 12.5 Å². The first-order chi connectivity index (χ1) is 13.7. The number of amides is 1. The molecule has 7 heteroatoms. The number of likely N-dealkylation sites (N-methyl/N-ethyl adjacent to an activating group) is 1. The highest BCUT2D eigenvalue weighted by Gasteiger charge is 2.33. The van der Waals surface area contributed by atoms with Crippen molar-refractivity contribution in [3.05, 3.63) is 35.5 Å². The van der Waals surface area contributed by atoms with E-state index in [1.54, 1.807) is 26.2 Å². The SMILES string of the molecule is [2H]c1nc2[nH]ccc2c(=[N+](C)[C@@H]2[C@H](C)CC([2H])([2H])N(C(=O)C([2H])([2H])[N+]#[C-])C2([2H])[2H])[nH]1. The molecule has 7 nitrogen and oxygen atoms in total. The van der Waals surface area contributed by atoms with Crippen molar-refractivity contribution in [3.63, 3.8) is 0 Å². The first-order valence-electron chi connectivity index (χ1n) is 10.6. The number of rotatable bonds is 2. The van der Waals surface area contributed by atoms with E-state index < -0.39 is 37.4 Å². The van der Waals surface area contributed by atoms with Crippen LogP contribution in [0.4, 0.5) is 0 Å². The van der Waals surface area contributed by atoms with Gasteiger partial charge in [-0.25, -0.2) is 11.6 Å². The number of aromatic nitrogens is 3. The summed E-state index contributed by atoms with van der Waals surface area (Å²) in [6, 6.07) is 0.579. The van der Waals surface area contributed by atoms with Crippen LogP contribution in [0.1, 0.15) is 22.9 Å². The molecule has 23 heavy (non-hydrogen) atoms. The first-order valence-corrected chi connectivity index (χ1v) is 7.07. The second-order valence-electron chi connectivity index (χ2n) is 5.33. The Labute approximate surface area is 144 Å². The van der Waals surface area contributed by atoms with E-state index in [0.29, 0.717) is 16.5 Å². The maximum absolute atomic E-state index is 12.7. The summed E-state index contributed by atoms with van der Waals surface area (Å²) in [6.07, 6.45) is 1.17. The van der Waals surface area contributed by atoms with Gasteiger partial charge >= 0.3 is 5.91 Å². The third-order valence-corrected chi connectivity index (χ3v) is 3.82. The maximum Gasteiger partial charge on any atom is 0.302 e. The molecule has 2 N–H and O–H groups in total. The minimum absolute atomic E-state index is 0.177.